The highest BCUT2D eigenvalue weighted by molar-refractivity contribution is 5.96. The largest absolute Gasteiger partial charge is 0.462 e. The minimum Gasteiger partial charge on any atom is -0.462 e. The number of para-hydroxylation sites is 1. The smallest absolute Gasteiger partial charge is 0.340 e. The van der Waals surface area contributed by atoms with E-state index in [0.29, 0.717) is 23.6 Å². The van der Waals surface area contributed by atoms with Crippen LogP contribution in [0.3, 0.4) is 0 Å². The zero-order chi connectivity index (χ0) is 19.8. The Kier molecular flexibility index (Phi) is 6.25. The number of amides is 1. The lowest BCUT2D eigenvalue weighted by molar-refractivity contribution is 0.0527. The summed E-state index contributed by atoms with van der Waals surface area (Å²) in [5, 5.41) is 13.8. The van der Waals surface area contributed by atoms with Crippen molar-refractivity contribution in [1.29, 1.82) is 0 Å². The van der Waals surface area contributed by atoms with Gasteiger partial charge in [0.05, 0.1) is 17.9 Å². The molecule has 0 spiro atoms. The van der Waals surface area contributed by atoms with Crippen LogP contribution in [-0.4, -0.2) is 33.7 Å². The zero-order valence-electron chi connectivity index (χ0n) is 15.3. The third-order valence-electron chi connectivity index (χ3n) is 3.78. The second kappa shape index (κ2) is 9.22. The molecule has 2 aromatic heterocycles. The van der Waals surface area contributed by atoms with Crippen LogP contribution in [0, 0.1) is 0 Å². The lowest BCUT2D eigenvalue weighted by atomic mass is 10.2. The third kappa shape index (κ3) is 4.88. The molecule has 2 N–H and O–H groups in total. The molecule has 0 aliphatic carbocycles. The van der Waals surface area contributed by atoms with Crippen LogP contribution in [0.5, 0.6) is 0 Å². The van der Waals surface area contributed by atoms with Gasteiger partial charge in [-0.15, -0.1) is 10.2 Å². The van der Waals surface area contributed by atoms with E-state index < -0.39 is 5.97 Å². The summed E-state index contributed by atoms with van der Waals surface area (Å²) in [6.07, 6.45) is 3.33. The lowest BCUT2D eigenvalue weighted by Crippen LogP contribution is -2.24. The van der Waals surface area contributed by atoms with Gasteiger partial charge in [0.1, 0.15) is 0 Å². The number of carbonyl (C=O) groups is 2. The summed E-state index contributed by atoms with van der Waals surface area (Å²) in [6, 6.07) is 13.8. The Morgan fingerprint density at radius 1 is 1.00 bits per heavy atom. The molecule has 1 amide bonds. The fraction of sp³-hybridized carbons (Fsp3) is 0.150. The monoisotopic (exact) mass is 377 g/mol. The van der Waals surface area contributed by atoms with Crippen molar-refractivity contribution >= 4 is 23.4 Å². The third-order valence-corrected chi connectivity index (χ3v) is 3.78. The minimum absolute atomic E-state index is 0.193. The SMILES string of the molecule is CCOC(=O)c1ccccc1Nc1ccc(C(=O)NCc2ccncc2)nn1. The summed E-state index contributed by atoms with van der Waals surface area (Å²) >= 11 is 0. The van der Waals surface area contributed by atoms with Gasteiger partial charge in [0.25, 0.3) is 5.91 Å². The quantitative estimate of drug-likeness (QED) is 0.610. The van der Waals surface area contributed by atoms with E-state index >= 15 is 0 Å². The average Bonchev–Trinajstić information content (AvgIpc) is 2.74. The van der Waals surface area contributed by atoms with E-state index in [1.165, 1.54) is 0 Å². The molecule has 0 radical (unpaired) electrons. The Hall–Kier alpha value is -3.81. The van der Waals surface area contributed by atoms with E-state index in [9.17, 15) is 9.59 Å². The summed E-state index contributed by atoms with van der Waals surface area (Å²) in [7, 11) is 0. The molecule has 0 bridgehead atoms. The Bertz CT molecular complexity index is 946. The van der Waals surface area contributed by atoms with Crippen LogP contribution in [0.1, 0.15) is 33.3 Å². The fourth-order valence-corrected chi connectivity index (χ4v) is 2.41. The van der Waals surface area contributed by atoms with Gasteiger partial charge in [-0.05, 0) is 48.9 Å². The van der Waals surface area contributed by atoms with Crippen LogP contribution in [-0.2, 0) is 11.3 Å². The summed E-state index contributed by atoms with van der Waals surface area (Å²) in [6.45, 7) is 2.41. The van der Waals surface area contributed by atoms with Crippen LogP contribution in [0.25, 0.3) is 0 Å². The molecule has 0 aliphatic heterocycles. The molecule has 3 aromatic rings. The van der Waals surface area contributed by atoms with Crippen molar-refractivity contribution < 1.29 is 14.3 Å². The van der Waals surface area contributed by atoms with Crippen molar-refractivity contribution in [2.24, 2.45) is 0 Å². The first-order chi connectivity index (χ1) is 13.7. The minimum atomic E-state index is -0.425. The Morgan fingerprint density at radius 2 is 1.79 bits per heavy atom. The Morgan fingerprint density at radius 3 is 2.50 bits per heavy atom. The van der Waals surface area contributed by atoms with Gasteiger partial charge in [0.2, 0.25) is 0 Å². The topological polar surface area (TPSA) is 106 Å². The van der Waals surface area contributed by atoms with E-state index in [-0.39, 0.29) is 18.2 Å². The van der Waals surface area contributed by atoms with Crippen LogP contribution in [0.2, 0.25) is 0 Å². The molecule has 0 unspecified atom stereocenters. The van der Waals surface area contributed by atoms with Gasteiger partial charge in [-0.1, -0.05) is 12.1 Å². The molecule has 142 valence electrons. The van der Waals surface area contributed by atoms with E-state index in [1.54, 1.807) is 55.7 Å². The normalized spacial score (nSPS) is 10.2. The molecule has 28 heavy (non-hydrogen) atoms. The summed E-state index contributed by atoms with van der Waals surface area (Å²) in [5.41, 5.74) is 2.07. The molecule has 0 saturated heterocycles. The number of pyridine rings is 1. The lowest BCUT2D eigenvalue weighted by Gasteiger charge is -2.10. The van der Waals surface area contributed by atoms with Crippen molar-refractivity contribution in [3.8, 4) is 0 Å². The maximum atomic E-state index is 12.2. The highest BCUT2D eigenvalue weighted by atomic mass is 16.5. The van der Waals surface area contributed by atoms with E-state index in [1.807, 2.05) is 12.1 Å². The maximum absolute atomic E-state index is 12.2. The number of hydrogen-bond acceptors (Lipinski definition) is 7. The molecule has 0 atom stereocenters. The van der Waals surface area contributed by atoms with Crippen LogP contribution < -0.4 is 10.6 Å². The van der Waals surface area contributed by atoms with E-state index in [2.05, 4.69) is 25.8 Å². The number of aromatic nitrogens is 3. The number of nitrogens with zero attached hydrogens (tertiary/aromatic N) is 3. The predicted molar refractivity (Wildman–Crippen MR) is 103 cm³/mol. The number of nitrogens with one attached hydrogen (secondary N) is 2. The molecular weight excluding hydrogens is 358 g/mol. The number of benzene rings is 1. The first-order valence-electron chi connectivity index (χ1n) is 8.71. The second-order valence-corrected chi connectivity index (χ2v) is 5.73. The van der Waals surface area contributed by atoms with Crippen LogP contribution >= 0.6 is 0 Å². The van der Waals surface area contributed by atoms with Gasteiger partial charge in [0.15, 0.2) is 11.5 Å². The van der Waals surface area contributed by atoms with Crippen molar-refractivity contribution in [3.63, 3.8) is 0 Å². The molecule has 0 fully saturated rings. The van der Waals surface area contributed by atoms with Gasteiger partial charge in [0, 0.05) is 18.9 Å². The van der Waals surface area contributed by atoms with Crippen molar-refractivity contribution in [2.75, 3.05) is 11.9 Å². The summed E-state index contributed by atoms with van der Waals surface area (Å²) < 4.78 is 5.05. The molecule has 1 aromatic carbocycles. The van der Waals surface area contributed by atoms with Crippen molar-refractivity contribution in [3.05, 3.63) is 77.7 Å². The van der Waals surface area contributed by atoms with Gasteiger partial charge in [-0.25, -0.2) is 4.79 Å². The van der Waals surface area contributed by atoms with E-state index in [0.717, 1.165) is 5.56 Å². The number of esters is 1. The molecule has 2 heterocycles. The first-order valence-corrected chi connectivity index (χ1v) is 8.71. The summed E-state index contributed by atoms with van der Waals surface area (Å²) in [5.74, 6) is -0.351. The fourth-order valence-electron chi connectivity index (χ4n) is 2.41. The van der Waals surface area contributed by atoms with Crippen LogP contribution in [0.4, 0.5) is 11.5 Å². The number of hydrogen-bond donors (Lipinski definition) is 2. The maximum Gasteiger partial charge on any atom is 0.340 e. The molecule has 0 saturated carbocycles. The number of anilines is 2. The predicted octanol–water partition coefficient (Wildman–Crippen LogP) is 2.72. The Balaban J connectivity index is 1.65. The Labute approximate surface area is 162 Å². The number of rotatable bonds is 7. The van der Waals surface area contributed by atoms with Gasteiger partial charge >= 0.3 is 5.97 Å². The second-order valence-electron chi connectivity index (χ2n) is 5.73. The molecule has 8 heteroatoms. The molecular formula is C20H19N5O3. The van der Waals surface area contributed by atoms with E-state index in [4.69, 9.17) is 4.74 Å². The molecule has 8 nitrogen and oxygen atoms in total. The molecule has 0 aliphatic rings. The standard InChI is InChI=1S/C20H19N5O3/c1-2-28-20(27)15-5-3-4-6-16(15)23-18-8-7-17(24-25-18)19(26)22-13-14-9-11-21-12-10-14/h3-12H,2,13H2,1H3,(H,22,26)(H,23,25). The van der Waals surface area contributed by atoms with Crippen LogP contribution in [0.15, 0.2) is 60.9 Å². The number of ether oxygens (including phenoxy) is 1. The zero-order valence-corrected chi connectivity index (χ0v) is 15.3. The number of carbonyl (C=O) groups excluding carboxylic acids is 2. The van der Waals surface area contributed by atoms with Gasteiger partial charge in [-0.2, -0.15) is 0 Å². The first kappa shape index (κ1) is 19.0. The highest BCUT2D eigenvalue weighted by Gasteiger charge is 2.13. The molecule has 3 rings (SSSR count). The summed E-state index contributed by atoms with van der Waals surface area (Å²) in [4.78, 5) is 28.2. The van der Waals surface area contributed by atoms with Crippen molar-refractivity contribution in [1.82, 2.24) is 20.5 Å². The van der Waals surface area contributed by atoms with Gasteiger partial charge < -0.3 is 15.4 Å². The highest BCUT2D eigenvalue weighted by Crippen LogP contribution is 2.20. The van der Waals surface area contributed by atoms with Gasteiger partial charge in [-0.3, -0.25) is 9.78 Å². The average molecular weight is 377 g/mol. The van der Waals surface area contributed by atoms with Crippen molar-refractivity contribution in [2.45, 2.75) is 13.5 Å².